The molecular weight excluding hydrogens is 432 g/mol. The standard InChI is InChI=1S/C26H22N4S2/c1-31-21-10-6-17(7-11-21)25-27-15-23(29-25)19-4-3-5-20(14-19)24-16-28-26(30-24)18-8-12-22(32-2)13-9-18/h3-16H,1-2H3,(H,27,29)(H,28,30). The average Bonchev–Trinajstić information content (AvgIpc) is 3.55. The second kappa shape index (κ2) is 9.10. The van der Waals surface area contributed by atoms with Crippen LogP contribution in [0, 0.1) is 0 Å². The maximum Gasteiger partial charge on any atom is 0.138 e. The first-order valence-electron chi connectivity index (χ1n) is 10.2. The molecule has 0 bridgehead atoms. The number of nitrogens with zero attached hydrogens (tertiary/aromatic N) is 2. The smallest absolute Gasteiger partial charge is 0.138 e. The van der Waals surface area contributed by atoms with Crippen LogP contribution in [0.1, 0.15) is 0 Å². The molecule has 0 fully saturated rings. The molecule has 0 saturated heterocycles. The highest BCUT2D eigenvalue weighted by atomic mass is 32.2. The Morgan fingerprint density at radius 1 is 0.562 bits per heavy atom. The number of aromatic nitrogens is 4. The third kappa shape index (κ3) is 4.24. The van der Waals surface area contributed by atoms with Gasteiger partial charge < -0.3 is 9.97 Å². The van der Waals surface area contributed by atoms with Crippen molar-refractivity contribution in [1.29, 1.82) is 0 Å². The van der Waals surface area contributed by atoms with E-state index in [9.17, 15) is 0 Å². The lowest BCUT2D eigenvalue weighted by Gasteiger charge is -2.02. The van der Waals surface area contributed by atoms with Gasteiger partial charge in [-0.3, -0.25) is 0 Å². The van der Waals surface area contributed by atoms with Gasteiger partial charge in [0.1, 0.15) is 11.6 Å². The van der Waals surface area contributed by atoms with Gasteiger partial charge in [0.25, 0.3) is 0 Å². The average molecular weight is 455 g/mol. The summed E-state index contributed by atoms with van der Waals surface area (Å²) in [5.41, 5.74) is 6.10. The normalized spacial score (nSPS) is 11.1. The van der Waals surface area contributed by atoms with Crippen LogP contribution in [0.5, 0.6) is 0 Å². The lowest BCUT2D eigenvalue weighted by molar-refractivity contribution is 1.30. The van der Waals surface area contributed by atoms with Crippen molar-refractivity contribution in [2.45, 2.75) is 9.79 Å². The predicted octanol–water partition coefficient (Wildman–Crippen LogP) is 7.24. The van der Waals surface area contributed by atoms with Crippen LogP contribution in [-0.2, 0) is 0 Å². The van der Waals surface area contributed by atoms with Gasteiger partial charge in [0.05, 0.1) is 11.4 Å². The zero-order valence-electron chi connectivity index (χ0n) is 17.8. The van der Waals surface area contributed by atoms with E-state index in [4.69, 9.17) is 9.97 Å². The number of benzene rings is 3. The van der Waals surface area contributed by atoms with Gasteiger partial charge >= 0.3 is 0 Å². The summed E-state index contributed by atoms with van der Waals surface area (Å²) in [5, 5.41) is 0. The van der Waals surface area contributed by atoms with Crippen LogP contribution in [0.2, 0.25) is 0 Å². The molecule has 4 nitrogen and oxygen atoms in total. The minimum Gasteiger partial charge on any atom is -0.344 e. The molecule has 6 heteroatoms. The summed E-state index contributed by atoms with van der Waals surface area (Å²) in [5.74, 6) is 1.74. The van der Waals surface area contributed by atoms with Gasteiger partial charge in [-0.1, -0.05) is 42.5 Å². The van der Waals surface area contributed by atoms with Crippen molar-refractivity contribution in [2.24, 2.45) is 0 Å². The SMILES string of the molecule is CSc1ccc(-c2nc(-c3cccc(-c4c[nH]c(-c5ccc(SC)cc5)n4)c3)c[nH]2)cc1. The Balaban J connectivity index is 1.40. The van der Waals surface area contributed by atoms with E-state index in [0.717, 1.165) is 45.3 Å². The summed E-state index contributed by atoms with van der Waals surface area (Å²) in [4.78, 5) is 18.7. The van der Waals surface area contributed by atoms with Gasteiger partial charge in [0.15, 0.2) is 0 Å². The maximum atomic E-state index is 4.82. The summed E-state index contributed by atoms with van der Waals surface area (Å²) in [6.07, 6.45) is 8.08. The van der Waals surface area contributed by atoms with Gasteiger partial charge in [-0.25, -0.2) is 9.97 Å². The van der Waals surface area contributed by atoms with E-state index in [-0.39, 0.29) is 0 Å². The zero-order chi connectivity index (χ0) is 21.9. The number of thioether (sulfide) groups is 2. The lowest BCUT2D eigenvalue weighted by Crippen LogP contribution is -1.84. The molecule has 2 aromatic heterocycles. The quantitative estimate of drug-likeness (QED) is 0.265. The number of hydrogen-bond acceptors (Lipinski definition) is 4. The van der Waals surface area contributed by atoms with E-state index in [2.05, 4.69) is 89.2 Å². The van der Waals surface area contributed by atoms with Gasteiger partial charge in [0, 0.05) is 44.4 Å². The first-order chi connectivity index (χ1) is 15.7. The molecule has 0 radical (unpaired) electrons. The Kier molecular flexibility index (Phi) is 5.88. The summed E-state index contributed by atoms with van der Waals surface area (Å²) in [6, 6.07) is 25.2. The van der Waals surface area contributed by atoms with Crippen molar-refractivity contribution in [2.75, 3.05) is 12.5 Å². The molecular formula is C26H22N4S2. The molecule has 0 aliphatic heterocycles. The number of rotatable bonds is 6. The third-order valence-corrected chi connectivity index (χ3v) is 6.82. The van der Waals surface area contributed by atoms with Gasteiger partial charge in [0.2, 0.25) is 0 Å². The molecule has 0 unspecified atom stereocenters. The molecule has 2 heterocycles. The Bertz CT molecular complexity index is 1230. The molecule has 5 aromatic rings. The summed E-state index contributed by atoms with van der Waals surface area (Å²) in [7, 11) is 0. The molecule has 5 rings (SSSR count). The number of H-pyrrole nitrogens is 2. The van der Waals surface area contributed by atoms with E-state index in [1.165, 1.54) is 9.79 Å². The minimum absolute atomic E-state index is 0.869. The molecule has 0 amide bonds. The van der Waals surface area contributed by atoms with Crippen molar-refractivity contribution in [3.8, 4) is 45.3 Å². The van der Waals surface area contributed by atoms with Crippen LogP contribution in [-0.4, -0.2) is 32.4 Å². The van der Waals surface area contributed by atoms with E-state index in [1.54, 1.807) is 23.5 Å². The first-order valence-corrected chi connectivity index (χ1v) is 12.7. The van der Waals surface area contributed by atoms with E-state index in [0.29, 0.717) is 0 Å². The Morgan fingerprint density at radius 3 is 1.41 bits per heavy atom. The van der Waals surface area contributed by atoms with Crippen LogP contribution in [0.25, 0.3) is 45.3 Å². The van der Waals surface area contributed by atoms with Gasteiger partial charge in [-0.2, -0.15) is 0 Å². The van der Waals surface area contributed by atoms with Crippen molar-refractivity contribution >= 4 is 23.5 Å². The fraction of sp³-hybridized carbons (Fsp3) is 0.0769. The van der Waals surface area contributed by atoms with Crippen molar-refractivity contribution in [1.82, 2.24) is 19.9 Å². The fourth-order valence-electron chi connectivity index (χ4n) is 3.57. The van der Waals surface area contributed by atoms with Crippen LogP contribution in [0.4, 0.5) is 0 Å². The molecule has 32 heavy (non-hydrogen) atoms. The molecule has 0 aliphatic carbocycles. The zero-order valence-corrected chi connectivity index (χ0v) is 19.4. The first kappa shape index (κ1) is 20.7. The van der Waals surface area contributed by atoms with Crippen LogP contribution in [0.3, 0.4) is 0 Å². The molecule has 0 saturated carbocycles. The Labute approximate surface area is 195 Å². The fourth-order valence-corrected chi connectivity index (χ4v) is 4.39. The van der Waals surface area contributed by atoms with Crippen LogP contribution < -0.4 is 0 Å². The summed E-state index contributed by atoms with van der Waals surface area (Å²) in [6.45, 7) is 0. The Morgan fingerprint density at radius 2 is 1.00 bits per heavy atom. The number of imidazole rings is 2. The third-order valence-electron chi connectivity index (χ3n) is 5.34. The van der Waals surface area contributed by atoms with E-state index < -0.39 is 0 Å². The van der Waals surface area contributed by atoms with Crippen LogP contribution >= 0.6 is 23.5 Å². The molecule has 158 valence electrons. The van der Waals surface area contributed by atoms with Crippen molar-refractivity contribution in [3.05, 3.63) is 85.2 Å². The second-order valence-electron chi connectivity index (χ2n) is 7.31. The van der Waals surface area contributed by atoms with Crippen molar-refractivity contribution in [3.63, 3.8) is 0 Å². The minimum atomic E-state index is 0.869. The van der Waals surface area contributed by atoms with E-state index >= 15 is 0 Å². The highest BCUT2D eigenvalue weighted by Gasteiger charge is 2.10. The summed E-state index contributed by atoms with van der Waals surface area (Å²) < 4.78 is 0. The van der Waals surface area contributed by atoms with E-state index in [1.807, 2.05) is 18.5 Å². The van der Waals surface area contributed by atoms with Gasteiger partial charge in [-0.15, -0.1) is 23.5 Å². The molecule has 0 atom stereocenters. The number of nitrogens with one attached hydrogen (secondary N) is 2. The number of hydrogen-bond donors (Lipinski definition) is 2. The maximum absolute atomic E-state index is 4.82. The highest BCUT2D eigenvalue weighted by Crippen LogP contribution is 2.29. The van der Waals surface area contributed by atoms with Crippen molar-refractivity contribution < 1.29 is 0 Å². The van der Waals surface area contributed by atoms with Crippen LogP contribution in [0.15, 0.2) is 95.0 Å². The molecule has 3 aromatic carbocycles. The highest BCUT2D eigenvalue weighted by molar-refractivity contribution is 7.98. The number of aromatic amines is 2. The Hall–Kier alpha value is -3.22. The molecule has 0 aliphatic rings. The topological polar surface area (TPSA) is 57.4 Å². The predicted molar refractivity (Wildman–Crippen MR) is 136 cm³/mol. The summed E-state index contributed by atoms with van der Waals surface area (Å²) >= 11 is 3.47. The monoisotopic (exact) mass is 454 g/mol. The lowest BCUT2D eigenvalue weighted by atomic mass is 10.1. The molecule has 2 N–H and O–H groups in total. The molecule has 0 spiro atoms. The van der Waals surface area contributed by atoms with Gasteiger partial charge in [-0.05, 0) is 42.8 Å². The second-order valence-corrected chi connectivity index (χ2v) is 9.07. The largest absolute Gasteiger partial charge is 0.344 e.